The highest BCUT2D eigenvalue weighted by atomic mass is 79.9. The highest BCUT2D eigenvalue weighted by Crippen LogP contribution is 2.20. The zero-order chi connectivity index (χ0) is 13.7. The second-order valence-corrected chi connectivity index (χ2v) is 5.98. The second-order valence-electron chi connectivity index (χ2n) is 5.06. The van der Waals surface area contributed by atoms with Crippen LogP contribution in [0.3, 0.4) is 0 Å². The van der Waals surface area contributed by atoms with Gasteiger partial charge in [-0.25, -0.2) is 0 Å². The number of aliphatic hydroxyl groups excluding tert-OH is 1. The summed E-state index contributed by atoms with van der Waals surface area (Å²) >= 11 is 3.37. The van der Waals surface area contributed by atoms with Crippen LogP contribution < -0.4 is 0 Å². The van der Waals surface area contributed by atoms with Crippen molar-refractivity contribution < 1.29 is 9.90 Å². The largest absolute Gasteiger partial charge is 0.396 e. The maximum atomic E-state index is 12.3. The van der Waals surface area contributed by atoms with Crippen LogP contribution in [0, 0.1) is 0 Å². The number of halogens is 1. The average molecular weight is 326 g/mol. The molecule has 3 nitrogen and oxygen atoms in total. The van der Waals surface area contributed by atoms with Crippen LogP contribution in [0.5, 0.6) is 0 Å². The van der Waals surface area contributed by atoms with Crippen molar-refractivity contribution in [3.05, 3.63) is 34.3 Å². The predicted molar refractivity (Wildman–Crippen MR) is 79.4 cm³/mol. The van der Waals surface area contributed by atoms with E-state index in [9.17, 15) is 4.79 Å². The average Bonchev–Trinajstić information content (AvgIpc) is 2.42. The maximum Gasteiger partial charge on any atom is 0.176 e. The van der Waals surface area contributed by atoms with E-state index in [0.717, 1.165) is 35.8 Å². The third-order valence-corrected chi connectivity index (χ3v) is 4.25. The van der Waals surface area contributed by atoms with Crippen molar-refractivity contribution in [1.82, 2.24) is 4.90 Å². The van der Waals surface area contributed by atoms with Crippen LogP contribution in [0.25, 0.3) is 0 Å². The third kappa shape index (κ3) is 4.13. The quantitative estimate of drug-likeness (QED) is 0.846. The van der Waals surface area contributed by atoms with Gasteiger partial charge in [-0.2, -0.15) is 0 Å². The van der Waals surface area contributed by atoms with Crippen LogP contribution in [0.15, 0.2) is 28.7 Å². The first-order valence-corrected chi connectivity index (χ1v) is 7.63. The molecular weight excluding hydrogens is 306 g/mol. The van der Waals surface area contributed by atoms with E-state index in [1.165, 1.54) is 6.42 Å². The molecule has 0 radical (unpaired) electrons. The topological polar surface area (TPSA) is 40.5 Å². The number of carbonyl (C=O) groups is 1. The molecule has 1 fully saturated rings. The summed E-state index contributed by atoms with van der Waals surface area (Å²) in [6, 6.07) is 7.87. The number of nitrogens with zero attached hydrogens (tertiary/aromatic N) is 1. The Morgan fingerprint density at radius 2 is 2.05 bits per heavy atom. The highest BCUT2D eigenvalue weighted by Gasteiger charge is 2.24. The van der Waals surface area contributed by atoms with Gasteiger partial charge in [-0.1, -0.05) is 34.5 Å². The second kappa shape index (κ2) is 7.17. The molecule has 1 unspecified atom stereocenters. The molecule has 1 atom stereocenters. The molecular formula is C15H20BrNO2. The fourth-order valence-corrected chi connectivity index (χ4v) is 2.92. The van der Waals surface area contributed by atoms with Crippen molar-refractivity contribution in [2.75, 3.05) is 19.7 Å². The van der Waals surface area contributed by atoms with Gasteiger partial charge in [-0.3, -0.25) is 9.69 Å². The lowest BCUT2D eigenvalue weighted by Gasteiger charge is -2.34. The minimum atomic E-state index is 0.164. The van der Waals surface area contributed by atoms with E-state index in [4.69, 9.17) is 5.11 Å². The van der Waals surface area contributed by atoms with Crippen LogP contribution >= 0.6 is 15.9 Å². The van der Waals surface area contributed by atoms with Crippen LogP contribution in [0.2, 0.25) is 0 Å². The first-order valence-electron chi connectivity index (χ1n) is 6.84. The summed E-state index contributed by atoms with van der Waals surface area (Å²) in [5.74, 6) is 0.164. The minimum absolute atomic E-state index is 0.164. The smallest absolute Gasteiger partial charge is 0.176 e. The summed E-state index contributed by atoms with van der Waals surface area (Å²) in [7, 11) is 0. The van der Waals surface area contributed by atoms with Crippen molar-refractivity contribution in [1.29, 1.82) is 0 Å². The lowest BCUT2D eigenvalue weighted by molar-refractivity contribution is 0.0799. The number of benzene rings is 1. The van der Waals surface area contributed by atoms with Gasteiger partial charge in [0.1, 0.15) is 0 Å². The Kier molecular flexibility index (Phi) is 5.55. The maximum absolute atomic E-state index is 12.3. The zero-order valence-electron chi connectivity index (χ0n) is 11.0. The Morgan fingerprint density at radius 1 is 1.32 bits per heavy atom. The number of piperidine rings is 1. The van der Waals surface area contributed by atoms with Gasteiger partial charge in [0.25, 0.3) is 0 Å². The lowest BCUT2D eigenvalue weighted by atomic mass is 9.98. The minimum Gasteiger partial charge on any atom is -0.396 e. The van der Waals surface area contributed by atoms with Crippen LogP contribution in [-0.2, 0) is 0 Å². The van der Waals surface area contributed by atoms with Gasteiger partial charge in [-0.15, -0.1) is 0 Å². The summed E-state index contributed by atoms with van der Waals surface area (Å²) in [6.45, 7) is 1.63. The SMILES string of the molecule is O=C(CN1CCCCC1CCO)c1ccc(Br)cc1. The fourth-order valence-electron chi connectivity index (χ4n) is 2.66. The first kappa shape index (κ1) is 14.7. The molecule has 1 saturated heterocycles. The Balaban J connectivity index is 1.98. The third-order valence-electron chi connectivity index (χ3n) is 3.72. The molecule has 0 amide bonds. The molecule has 1 aromatic rings. The van der Waals surface area contributed by atoms with Gasteiger partial charge in [0.05, 0.1) is 6.54 Å². The zero-order valence-corrected chi connectivity index (χ0v) is 12.6. The molecule has 4 heteroatoms. The van der Waals surface area contributed by atoms with E-state index >= 15 is 0 Å². The van der Waals surface area contributed by atoms with Crippen molar-refractivity contribution in [3.8, 4) is 0 Å². The van der Waals surface area contributed by atoms with Crippen molar-refractivity contribution in [2.45, 2.75) is 31.7 Å². The molecule has 1 aliphatic rings. The van der Waals surface area contributed by atoms with Gasteiger partial charge < -0.3 is 5.11 Å². The molecule has 0 aliphatic carbocycles. The summed E-state index contributed by atoms with van der Waals surface area (Å²) in [5, 5.41) is 9.10. The molecule has 1 aromatic carbocycles. The lowest BCUT2D eigenvalue weighted by Crippen LogP contribution is -2.43. The number of rotatable bonds is 5. The van der Waals surface area contributed by atoms with E-state index < -0.39 is 0 Å². The molecule has 1 N–H and O–H groups in total. The van der Waals surface area contributed by atoms with Gasteiger partial charge in [0.2, 0.25) is 0 Å². The van der Waals surface area contributed by atoms with Crippen LogP contribution in [0.1, 0.15) is 36.0 Å². The Labute approximate surface area is 122 Å². The molecule has 0 aromatic heterocycles. The summed E-state index contributed by atoms with van der Waals surface area (Å²) in [4.78, 5) is 14.5. The molecule has 0 spiro atoms. The van der Waals surface area contributed by atoms with Crippen LogP contribution in [-0.4, -0.2) is 41.5 Å². The van der Waals surface area contributed by atoms with E-state index in [1.54, 1.807) is 0 Å². The number of hydrogen-bond donors (Lipinski definition) is 1. The Bertz CT molecular complexity index is 417. The van der Waals surface area contributed by atoms with Gasteiger partial charge in [0, 0.05) is 22.7 Å². The Morgan fingerprint density at radius 3 is 2.74 bits per heavy atom. The number of Topliss-reactive ketones (excluding diaryl/α,β-unsaturated/α-hetero) is 1. The normalized spacial score (nSPS) is 20.4. The van der Waals surface area contributed by atoms with Crippen molar-refractivity contribution >= 4 is 21.7 Å². The van der Waals surface area contributed by atoms with Crippen molar-refractivity contribution in [2.24, 2.45) is 0 Å². The van der Waals surface area contributed by atoms with E-state index in [2.05, 4.69) is 20.8 Å². The van der Waals surface area contributed by atoms with E-state index in [-0.39, 0.29) is 12.4 Å². The molecule has 1 aliphatic heterocycles. The number of hydrogen-bond acceptors (Lipinski definition) is 3. The van der Waals surface area contributed by atoms with E-state index in [0.29, 0.717) is 12.6 Å². The first-order chi connectivity index (χ1) is 9.20. The number of carbonyl (C=O) groups excluding carboxylic acids is 1. The monoisotopic (exact) mass is 325 g/mol. The van der Waals surface area contributed by atoms with E-state index in [1.807, 2.05) is 24.3 Å². The summed E-state index contributed by atoms with van der Waals surface area (Å²) in [6.07, 6.45) is 4.21. The Hall–Kier alpha value is -0.710. The van der Waals surface area contributed by atoms with Gasteiger partial charge in [-0.05, 0) is 37.9 Å². The summed E-state index contributed by atoms with van der Waals surface area (Å²) < 4.78 is 0.986. The standard InChI is InChI=1S/C15H20BrNO2/c16-13-6-4-12(5-7-13)15(19)11-17-9-2-1-3-14(17)8-10-18/h4-7,14,18H,1-3,8-11H2. The molecule has 0 bridgehead atoms. The van der Waals surface area contributed by atoms with Crippen molar-refractivity contribution in [3.63, 3.8) is 0 Å². The molecule has 2 rings (SSSR count). The summed E-state index contributed by atoms with van der Waals surface area (Å²) in [5.41, 5.74) is 0.761. The fraction of sp³-hybridized carbons (Fsp3) is 0.533. The van der Waals surface area contributed by atoms with Gasteiger partial charge >= 0.3 is 0 Å². The number of likely N-dealkylation sites (tertiary alicyclic amines) is 1. The number of ketones is 1. The molecule has 19 heavy (non-hydrogen) atoms. The highest BCUT2D eigenvalue weighted by molar-refractivity contribution is 9.10. The predicted octanol–water partition coefficient (Wildman–Crippen LogP) is 2.87. The molecule has 0 saturated carbocycles. The van der Waals surface area contributed by atoms with Crippen LogP contribution in [0.4, 0.5) is 0 Å². The molecule has 1 heterocycles. The number of aliphatic hydroxyl groups is 1. The van der Waals surface area contributed by atoms with Gasteiger partial charge in [0.15, 0.2) is 5.78 Å². The molecule has 104 valence electrons.